The van der Waals surface area contributed by atoms with Crippen LogP contribution in [0.2, 0.25) is 0 Å². The van der Waals surface area contributed by atoms with Crippen molar-refractivity contribution in [3.05, 3.63) is 23.8 Å². The van der Waals surface area contributed by atoms with E-state index < -0.39 is 10.0 Å². The minimum Gasteiger partial charge on any atom is -0.491 e. The standard InChI is InChI=1S/C23H35N3O6S/c1-15-12-26(22(27)17-7-6-8-17)16(2)14-32-20-10-9-18(24-33(5,29)30)11-19(20)23(28)25(3)13-21(15)31-4/h9-11,15-17,21,24H,6-8,12-14H2,1-5H3/t15-,16-,21-/m0/s1. The molecule has 10 heteroatoms. The summed E-state index contributed by atoms with van der Waals surface area (Å²) in [7, 11) is -0.222. The van der Waals surface area contributed by atoms with Gasteiger partial charge in [0, 0.05) is 44.8 Å². The molecule has 1 fully saturated rings. The summed E-state index contributed by atoms with van der Waals surface area (Å²) >= 11 is 0. The Hall–Kier alpha value is -2.33. The highest BCUT2D eigenvalue weighted by Gasteiger charge is 2.35. The average Bonchev–Trinajstić information content (AvgIpc) is 2.70. The van der Waals surface area contributed by atoms with Gasteiger partial charge in [0.05, 0.1) is 24.0 Å². The molecule has 3 rings (SSSR count). The van der Waals surface area contributed by atoms with E-state index >= 15 is 0 Å². The Bertz CT molecular complexity index is 978. The van der Waals surface area contributed by atoms with Crippen LogP contribution in [0.1, 0.15) is 43.5 Å². The number of carbonyl (C=O) groups excluding carboxylic acids is 2. The van der Waals surface area contributed by atoms with Crippen LogP contribution < -0.4 is 9.46 Å². The number of nitrogens with one attached hydrogen (secondary N) is 1. The van der Waals surface area contributed by atoms with Crippen LogP contribution in [0.3, 0.4) is 0 Å². The van der Waals surface area contributed by atoms with Gasteiger partial charge in [0.2, 0.25) is 15.9 Å². The first kappa shape index (κ1) is 25.3. The Morgan fingerprint density at radius 1 is 1.21 bits per heavy atom. The molecule has 1 aromatic carbocycles. The second-order valence-electron chi connectivity index (χ2n) is 9.30. The largest absolute Gasteiger partial charge is 0.491 e. The van der Waals surface area contributed by atoms with E-state index in [1.54, 1.807) is 31.2 Å². The van der Waals surface area contributed by atoms with Crippen molar-refractivity contribution in [2.45, 2.75) is 45.3 Å². The number of methoxy groups -OCH3 is 1. The van der Waals surface area contributed by atoms with Gasteiger partial charge in [-0.05, 0) is 38.0 Å². The van der Waals surface area contributed by atoms with Gasteiger partial charge >= 0.3 is 0 Å². The smallest absolute Gasteiger partial charge is 0.257 e. The van der Waals surface area contributed by atoms with Crippen molar-refractivity contribution < 1.29 is 27.5 Å². The molecule has 0 radical (unpaired) electrons. The van der Waals surface area contributed by atoms with Gasteiger partial charge in [-0.25, -0.2) is 8.42 Å². The van der Waals surface area contributed by atoms with Crippen molar-refractivity contribution >= 4 is 27.5 Å². The summed E-state index contributed by atoms with van der Waals surface area (Å²) in [6, 6.07) is 4.42. The predicted molar refractivity (Wildman–Crippen MR) is 126 cm³/mol. The normalized spacial score (nSPS) is 25.2. The number of carbonyl (C=O) groups is 2. The molecule has 0 aromatic heterocycles. The highest BCUT2D eigenvalue weighted by atomic mass is 32.2. The predicted octanol–water partition coefficient (Wildman–Crippen LogP) is 2.19. The second kappa shape index (κ2) is 10.3. The fraction of sp³-hybridized carbons (Fsp3) is 0.652. The minimum atomic E-state index is -3.51. The number of hydrogen-bond acceptors (Lipinski definition) is 6. The Balaban J connectivity index is 1.96. The summed E-state index contributed by atoms with van der Waals surface area (Å²) in [6.07, 6.45) is 3.69. The zero-order valence-electron chi connectivity index (χ0n) is 20.0. The zero-order chi connectivity index (χ0) is 24.3. The summed E-state index contributed by atoms with van der Waals surface area (Å²) in [6.45, 7) is 5.02. The van der Waals surface area contributed by atoms with Gasteiger partial charge in [0.25, 0.3) is 5.91 Å². The SMILES string of the molecule is CO[C@H]1CN(C)C(=O)c2cc(NS(C)(=O)=O)ccc2OC[C@H](C)N(C(=O)C2CCC2)C[C@@H]1C. The highest BCUT2D eigenvalue weighted by Crippen LogP contribution is 2.31. The van der Waals surface area contributed by atoms with Crippen molar-refractivity contribution in [1.82, 2.24) is 9.80 Å². The number of sulfonamides is 1. The highest BCUT2D eigenvalue weighted by molar-refractivity contribution is 7.92. The lowest BCUT2D eigenvalue weighted by Gasteiger charge is -2.39. The van der Waals surface area contributed by atoms with E-state index in [4.69, 9.17) is 9.47 Å². The topological polar surface area (TPSA) is 105 Å². The quantitative estimate of drug-likeness (QED) is 0.707. The Kier molecular flexibility index (Phi) is 7.89. The van der Waals surface area contributed by atoms with E-state index in [1.807, 2.05) is 18.7 Å². The summed E-state index contributed by atoms with van der Waals surface area (Å²) in [5.74, 6) is 0.250. The summed E-state index contributed by atoms with van der Waals surface area (Å²) in [5, 5.41) is 0. The number of fused-ring (bicyclic) bond motifs is 1. The third-order valence-corrected chi connectivity index (χ3v) is 7.09. The fourth-order valence-corrected chi connectivity index (χ4v) is 4.81. The lowest BCUT2D eigenvalue weighted by molar-refractivity contribution is -0.142. The monoisotopic (exact) mass is 481 g/mol. The van der Waals surface area contributed by atoms with Crippen molar-refractivity contribution in [2.75, 3.05) is 44.8 Å². The van der Waals surface area contributed by atoms with Crippen molar-refractivity contribution in [3.8, 4) is 5.75 Å². The molecule has 1 aromatic rings. The van der Waals surface area contributed by atoms with Crippen LogP contribution in [0, 0.1) is 11.8 Å². The van der Waals surface area contributed by atoms with Crippen molar-refractivity contribution in [1.29, 1.82) is 0 Å². The van der Waals surface area contributed by atoms with Crippen LogP contribution in [-0.4, -0.2) is 82.3 Å². The van der Waals surface area contributed by atoms with E-state index in [2.05, 4.69) is 4.72 Å². The first-order valence-corrected chi connectivity index (χ1v) is 13.2. The Morgan fingerprint density at radius 2 is 1.91 bits per heavy atom. The average molecular weight is 482 g/mol. The van der Waals surface area contributed by atoms with Gasteiger partial charge in [-0.15, -0.1) is 0 Å². The molecule has 9 nitrogen and oxygen atoms in total. The molecule has 1 saturated carbocycles. The van der Waals surface area contributed by atoms with Gasteiger partial charge in [0.15, 0.2) is 0 Å². The molecule has 1 aliphatic heterocycles. The van der Waals surface area contributed by atoms with E-state index in [0.717, 1.165) is 25.5 Å². The Morgan fingerprint density at radius 3 is 2.48 bits per heavy atom. The number of benzene rings is 1. The fourth-order valence-electron chi connectivity index (χ4n) is 4.25. The molecule has 33 heavy (non-hydrogen) atoms. The third kappa shape index (κ3) is 6.17. The van der Waals surface area contributed by atoms with Crippen molar-refractivity contribution in [3.63, 3.8) is 0 Å². The van der Waals surface area contributed by atoms with Crippen LogP contribution in [-0.2, 0) is 19.6 Å². The van der Waals surface area contributed by atoms with Gasteiger partial charge in [-0.1, -0.05) is 13.3 Å². The zero-order valence-corrected chi connectivity index (χ0v) is 20.9. The molecule has 0 saturated heterocycles. The van der Waals surface area contributed by atoms with E-state index in [9.17, 15) is 18.0 Å². The van der Waals surface area contributed by atoms with Crippen LogP contribution in [0.5, 0.6) is 5.75 Å². The molecule has 3 atom stereocenters. The van der Waals surface area contributed by atoms with E-state index in [1.165, 1.54) is 6.07 Å². The number of ether oxygens (including phenoxy) is 2. The first-order chi connectivity index (χ1) is 15.5. The third-order valence-electron chi connectivity index (χ3n) is 6.49. The Labute approximate surface area is 196 Å². The summed E-state index contributed by atoms with van der Waals surface area (Å²) < 4.78 is 37.5. The number of likely N-dealkylation sites (N-methyl/N-ethyl adjacent to an activating group) is 1. The molecular weight excluding hydrogens is 446 g/mol. The molecule has 0 bridgehead atoms. The van der Waals surface area contributed by atoms with E-state index in [0.29, 0.717) is 18.8 Å². The molecule has 1 heterocycles. The molecule has 0 spiro atoms. The minimum absolute atomic E-state index is 0.00569. The van der Waals surface area contributed by atoms with Gasteiger partial charge in [-0.3, -0.25) is 14.3 Å². The molecule has 1 N–H and O–H groups in total. The number of hydrogen-bond donors (Lipinski definition) is 1. The van der Waals surface area contributed by atoms with Gasteiger partial charge < -0.3 is 19.3 Å². The summed E-state index contributed by atoms with van der Waals surface area (Å²) in [4.78, 5) is 29.9. The molecule has 2 aliphatic rings. The number of rotatable bonds is 4. The molecular formula is C23H35N3O6S. The van der Waals surface area contributed by atoms with E-state index in [-0.39, 0.29) is 53.7 Å². The summed E-state index contributed by atoms with van der Waals surface area (Å²) in [5.41, 5.74) is 0.526. The maximum absolute atomic E-state index is 13.3. The maximum atomic E-state index is 13.3. The molecule has 0 unspecified atom stereocenters. The van der Waals surface area contributed by atoms with Crippen LogP contribution in [0.15, 0.2) is 18.2 Å². The van der Waals surface area contributed by atoms with Gasteiger partial charge in [0.1, 0.15) is 12.4 Å². The van der Waals surface area contributed by atoms with Crippen molar-refractivity contribution in [2.24, 2.45) is 11.8 Å². The van der Waals surface area contributed by atoms with Crippen LogP contribution in [0.4, 0.5) is 5.69 Å². The first-order valence-electron chi connectivity index (χ1n) is 11.3. The lowest BCUT2D eigenvalue weighted by Crippen LogP contribution is -2.51. The maximum Gasteiger partial charge on any atom is 0.257 e. The number of nitrogens with zero attached hydrogens (tertiary/aromatic N) is 2. The van der Waals surface area contributed by atoms with Crippen LogP contribution in [0.25, 0.3) is 0 Å². The number of anilines is 1. The van der Waals surface area contributed by atoms with Gasteiger partial charge in [-0.2, -0.15) is 0 Å². The lowest BCUT2D eigenvalue weighted by atomic mass is 9.83. The molecule has 184 valence electrons. The van der Waals surface area contributed by atoms with Crippen LogP contribution >= 0.6 is 0 Å². The second-order valence-corrected chi connectivity index (χ2v) is 11.0. The molecule has 2 amide bonds. The number of amides is 2. The molecule has 1 aliphatic carbocycles.